The Hall–Kier alpha value is -6.99. The number of aliphatic carboxylic acids is 4. The first kappa shape index (κ1) is 84.1. The predicted molar refractivity (Wildman–Crippen MR) is 331 cm³/mol. The number of aromatic hydroxyl groups is 1. The van der Waals surface area contributed by atoms with Gasteiger partial charge in [-0.05, 0) is 70.1 Å². The van der Waals surface area contributed by atoms with Crippen LogP contribution in [0.15, 0.2) is 29.3 Å². The number of carboxylic acid groups (broad SMARTS) is 4. The molecule has 7 atom stereocenters. The van der Waals surface area contributed by atoms with Crippen LogP contribution in [-0.4, -0.2) is 276 Å². The Morgan fingerprint density at radius 2 is 1.08 bits per heavy atom. The number of aliphatic hydroxyl groups excluding tert-OH is 2. The number of unbranched alkanes of at least 4 members (excludes halogenated alkanes) is 8. The zero-order valence-electron chi connectivity index (χ0n) is 54.1. The summed E-state index contributed by atoms with van der Waals surface area (Å²) in [5, 5.41) is 91.6. The number of amides is 8. The third-order valence-corrected chi connectivity index (χ3v) is 15.7. The van der Waals surface area contributed by atoms with E-state index >= 15 is 0 Å². The summed E-state index contributed by atoms with van der Waals surface area (Å²) in [5.41, 5.74) is 11.4. The Kier molecular flexibility index (Phi) is 40.9. The molecule has 0 aromatic heterocycles. The molecule has 1 radical (unpaired) electrons. The van der Waals surface area contributed by atoms with Gasteiger partial charge in [-0.2, -0.15) is 0 Å². The van der Waals surface area contributed by atoms with Crippen molar-refractivity contribution >= 4 is 77.1 Å². The van der Waals surface area contributed by atoms with E-state index in [1.54, 1.807) is 14.7 Å². The van der Waals surface area contributed by atoms with Crippen LogP contribution in [0.1, 0.15) is 109 Å². The number of carbonyl (C=O) groups excluding carboxylic acids is 11. The van der Waals surface area contributed by atoms with E-state index in [0.717, 1.165) is 38.5 Å². The fraction of sp³-hybridized carbons (Fsp3) is 0.683. The molecular weight excluding hydrogens is 1390 g/mol. The molecule has 35 heteroatoms. The fourth-order valence-corrected chi connectivity index (χ4v) is 10.5. The molecule has 15 N–H and O–H groups in total. The van der Waals surface area contributed by atoms with Gasteiger partial charge in [-0.15, -0.1) is 0 Å². The number of rotatable bonds is 41. The summed E-state index contributed by atoms with van der Waals surface area (Å²) >= 11 is 0. The number of carboxylic acids is 4. The molecule has 2 aliphatic heterocycles. The van der Waals surface area contributed by atoms with Gasteiger partial charge < -0.3 is 104 Å². The van der Waals surface area contributed by atoms with E-state index in [4.69, 9.17) is 11.5 Å². The zero-order valence-corrected chi connectivity index (χ0v) is 56.4. The Morgan fingerprint density at radius 3 is 1.58 bits per heavy atom. The van der Waals surface area contributed by atoms with E-state index in [0.29, 0.717) is 37.8 Å². The molecule has 1 aromatic carbocycles. The Bertz CT molecular complexity index is 2640. The van der Waals surface area contributed by atoms with Crippen molar-refractivity contribution in [1.82, 2.24) is 61.7 Å². The van der Waals surface area contributed by atoms with Crippen LogP contribution in [0.2, 0.25) is 0 Å². The first-order valence-electron chi connectivity index (χ1n) is 31.8. The molecule has 533 valence electrons. The maximum absolute atomic E-state index is 14.4. The monoisotopic (exact) mass is 1490 g/mol. The largest absolute Gasteiger partial charge is 3.00 e. The molecule has 0 aliphatic carbocycles. The molecule has 95 heavy (non-hydrogen) atoms. The minimum atomic E-state index is -1.66. The van der Waals surface area contributed by atoms with Gasteiger partial charge in [0.05, 0.1) is 43.7 Å². The van der Waals surface area contributed by atoms with Gasteiger partial charge in [-0.1, -0.05) is 57.1 Å². The summed E-state index contributed by atoms with van der Waals surface area (Å²) in [6, 6.07) is -2.62. The van der Waals surface area contributed by atoms with Crippen LogP contribution >= 0.6 is 0 Å². The van der Waals surface area contributed by atoms with Crippen molar-refractivity contribution in [3.63, 3.8) is 0 Å². The summed E-state index contributed by atoms with van der Waals surface area (Å²) in [6.07, 6.45) is 6.45. The van der Waals surface area contributed by atoms with Gasteiger partial charge in [0.15, 0.2) is 12.0 Å². The number of carbonyl (C=O) groups is 12. The van der Waals surface area contributed by atoms with Crippen LogP contribution in [0.5, 0.6) is 5.75 Å². The SMILES string of the molecule is C[C@H](NC(=O)[C@@H]1CCCN1C(=O)[C@H](Cc1ccc(O)cc1)NC(=O)[C@H](CO)NC(=O)[C@H](CCCN=C(N)N)NC(=O)CCCCCCCCCCCNC(=O)CNC(=O)CN1CCN(CC(=O)[O-])CCN(CC(=O)[O-])CCN(CC(=O)[O-])CC1)C(=O)N[C@H](C(=O)O)[C@@H](C)O.[Gd+3]. The van der Waals surface area contributed by atoms with Crippen molar-refractivity contribution in [2.75, 3.05) is 111 Å². The minimum Gasteiger partial charge on any atom is -0.549 e. The van der Waals surface area contributed by atoms with Crippen molar-refractivity contribution in [2.45, 2.75) is 153 Å². The molecule has 2 heterocycles. The van der Waals surface area contributed by atoms with Crippen LogP contribution in [0, 0.1) is 39.9 Å². The number of hydrogen-bond donors (Lipinski definition) is 13. The first-order chi connectivity index (χ1) is 44.6. The number of phenolic OH excluding ortho intramolecular Hbond substituents is 1. The van der Waals surface area contributed by atoms with Crippen LogP contribution in [0.25, 0.3) is 0 Å². The van der Waals surface area contributed by atoms with Crippen molar-refractivity contribution in [3.05, 3.63) is 29.8 Å². The molecule has 1 aromatic rings. The van der Waals surface area contributed by atoms with E-state index in [1.807, 2.05) is 0 Å². The zero-order chi connectivity index (χ0) is 69.7. The maximum Gasteiger partial charge on any atom is 3.00 e. The average Bonchev–Trinajstić information content (AvgIpc) is 1.77. The number of benzene rings is 1. The second kappa shape index (κ2) is 46.2. The van der Waals surface area contributed by atoms with Crippen molar-refractivity contribution in [3.8, 4) is 5.75 Å². The normalized spacial score (nSPS) is 17.0. The van der Waals surface area contributed by atoms with Crippen LogP contribution < -0.4 is 64.0 Å². The smallest absolute Gasteiger partial charge is 0.549 e. The number of aliphatic hydroxyl groups is 2. The number of nitrogens with zero attached hydrogens (tertiary/aromatic N) is 6. The molecule has 0 saturated carbocycles. The molecule has 0 spiro atoms. The first-order valence-corrected chi connectivity index (χ1v) is 31.8. The molecule has 0 unspecified atom stereocenters. The number of phenols is 1. The van der Waals surface area contributed by atoms with Gasteiger partial charge in [0, 0.05) is 104 Å². The Balaban J connectivity index is 0.0000307. The third kappa shape index (κ3) is 35.0. The van der Waals surface area contributed by atoms with Gasteiger partial charge in [0.2, 0.25) is 47.3 Å². The Morgan fingerprint density at radius 1 is 0.589 bits per heavy atom. The van der Waals surface area contributed by atoms with Crippen molar-refractivity contribution in [1.29, 1.82) is 0 Å². The van der Waals surface area contributed by atoms with E-state index in [-0.39, 0.29) is 162 Å². The molecule has 3 rings (SSSR count). The molecule has 0 bridgehead atoms. The summed E-state index contributed by atoms with van der Waals surface area (Å²) in [5.74, 6) is -11.3. The molecular formula is C60H96GdN15O19. The van der Waals surface area contributed by atoms with Crippen molar-refractivity contribution in [2.24, 2.45) is 16.5 Å². The van der Waals surface area contributed by atoms with E-state index < -0.39 is 140 Å². The topological polar surface area (TPSA) is 520 Å². The van der Waals surface area contributed by atoms with Crippen LogP contribution in [-0.2, 0) is 64.0 Å². The van der Waals surface area contributed by atoms with Gasteiger partial charge in [0.25, 0.3) is 0 Å². The number of nitrogens with one attached hydrogen (secondary N) is 7. The molecule has 2 aliphatic rings. The number of aliphatic imine (C=N–C) groups is 1. The summed E-state index contributed by atoms with van der Waals surface area (Å²) < 4.78 is 0. The second-order valence-corrected chi connectivity index (χ2v) is 23.5. The number of hydrogen-bond acceptors (Lipinski definition) is 23. The van der Waals surface area contributed by atoms with E-state index in [9.17, 15) is 93.3 Å². The van der Waals surface area contributed by atoms with Crippen LogP contribution in [0.4, 0.5) is 0 Å². The van der Waals surface area contributed by atoms with Gasteiger partial charge >= 0.3 is 45.9 Å². The number of guanidine groups is 1. The Labute approximate surface area is 584 Å². The predicted octanol–water partition coefficient (Wildman–Crippen LogP) is -8.51. The summed E-state index contributed by atoms with van der Waals surface area (Å²) in [6.45, 7) is 1.67. The molecule has 8 amide bonds. The van der Waals surface area contributed by atoms with Gasteiger partial charge in [-0.3, -0.25) is 62.9 Å². The van der Waals surface area contributed by atoms with Crippen molar-refractivity contribution < 1.29 is 133 Å². The van der Waals surface area contributed by atoms with Gasteiger partial charge in [-0.25, -0.2) is 4.79 Å². The molecule has 2 saturated heterocycles. The molecule has 34 nitrogen and oxygen atoms in total. The van der Waals surface area contributed by atoms with Crippen LogP contribution in [0.3, 0.4) is 0 Å². The van der Waals surface area contributed by atoms with Gasteiger partial charge in [0.1, 0.15) is 36.0 Å². The standard InChI is InChI=1S/C60H99N15O19.Gd/c1-39(54(88)70-53(40(2)77)59(93)94)66-57(91)46-15-13-23-75(46)58(92)44(32-41-17-19-42(78)20-18-41)68-56(90)45(38-76)69-55(89)43(14-12-22-64-60(61)62)67-47(79)16-10-8-6-4-3-5-7-9-11-21-63-48(80)33-65-49(81)34-71-24-26-72(35-50(82)83)28-30-74(37-52(86)87)31-29-73(27-25-71)36-51(84)85;/h17-20,39-40,43-46,53,76-78H,3-16,21-38H2,1-2H3,(H,63,80)(H,65,81)(H,66,91)(H,67,79)(H,68,90)(H,69,89)(H,70,88)(H,82,83)(H,84,85)(H,86,87)(H,93,94)(H4,61,62,64);/q;+3/p-3/t39-,40+,43-,44-,45-,46-,53-;/m0./s1. The summed E-state index contributed by atoms with van der Waals surface area (Å²) in [4.78, 5) is 165. The average molecular weight is 1490 g/mol. The quantitative estimate of drug-likeness (QED) is 0.0164. The maximum atomic E-state index is 14.4. The summed E-state index contributed by atoms with van der Waals surface area (Å²) in [7, 11) is 0. The fourth-order valence-electron chi connectivity index (χ4n) is 10.5. The minimum absolute atomic E-state index is 0. The number of nitrogens with two attached hydrogens (primary N) is 2. The molecule has 2 fully saturated rings. The van der Waals surface area contributed by atoms with E-state index in [1.165, 1.54) is 47.9 Å². The third-order valence-electron chi connectivity index (χ3n) is 15.7. The number of likely N-dealkylation sites (tertiary alicyclic amines) is 1. The van der Waals surface area contributed by atoms with E-state index in [2.05, 4.69) is 42.2 Å². The second-order valence-electron chi connectivity index (χ2n) is 23.5.